The third-order valence-electron chi connectivity index (χ3n) is 3.10. The average molecular weight is 236 g/mol. The van der Waals surface area contributed by atoms with Crippen LogP contribution in [0.25, 0.3) is 0 Å². The fraction of sp³-hybridized carbons (Fsp3) is 0.500. The first-order valence-corrected chi connectivity index (χ1v) is 6.00. The first-order chi connectivity index (χ1) is 8.12. The standard InChI is InChI=1S/C14H20O3/c1-4-10(5-2)11-6-7-13(17-3)12(8-11)9-14(15)16/h6-8,10H,4-5,9H2,1-3H3,(H,15,16). The van der Waals surface area contributed by atoms with E-state index in [0.717, 1.165) is 18.4 Å². The van der Waals surface area contributed by atoms with Gasteiger partial charge in [0.15, 0.2) is 0 Å². The van der Waals surface area contributed by atoms with Gasteiger partial charge in [0.25, 0.3) is 0 Å². The van der Waals surface area contributed by atoms with E-state index in [-0.39, 0.29) is 6.42 Å². The van der Waals surface area contributed by atoms with Crippen LogP contribution in [0.3, 0.4) is 0 Å². The molecule has 1 aromatic rings. The van der Waals surface area contributed by atoms with Gasteiger partial charge in [0.1, 0.15) is 5.75 Å². The van der Waals surface area contributed by atoms with Crippen LogP contribution in [0.15, 0.2) is 18.2 Å². The van der Waals surface area contributed by atoms with E-state index in [1.165, 1.54) is 5.56 Å². The molecule has 1 aromatic carbocycles. The summed E-state index contributed by atoms with van der Waals surface area (Å²) in [4.78, 5) is 10.8. The highest BCUT2D eigenvalue weighted by molar-refractivity contribution is 5.71. The largest absolute Gasteiger partial charge is 0.496 e. The minimum atomic E-state index is -0.829. The zero-order valence-corrected chi connectivity index (χ0v) is 10.7. The lowest BCUT2D eigenvalue weighted by molar-refractivity contribution is -0.136. The van der Waals surface area contributed by atoms with Crippen molar-refractivity contribution in [2.75, 3.05) is 7.11 Å². The molecule has 0 aliphatic carbocycles. The summed E-state index contributed by atoms with van der Waals surface area (Å²) in [5.74, 6) is 0.320. The third kappa shape index (κ3) is 3.48. The van der Waals surface area contributed by atoms with Crippen LogP contribution in [-0.4, -0.2) is 18.2 Å². The van der Waals surface area contributed by atoms with Crippen molar-refractivity contribution in [3.63, 3.8) is 0 Å². The molecule has 0 aliphatic rings. The lowest BCUT2D eigenvalue weighted by Crippen LogP contribution is -2.04. The number of carboxylic acid groups (broad SMARTS) is 1. The van der Waals surface area contributed by atoms with Crippen LogP contribution in [0.1, 0.15) is 43.7 Å². The normalized spacial score (nSPS) is 10.6. The zero-order valence-electron chi connectivity index (χ0n) is 10.7. The first-order valence-electron chi connectivity index (χ1n) is 6.00. The Morgan fingerprint density at radius 1 is 1.35 bits per heavy atom. The second-order valence-corrected chi connectivity index (χ2v) is 4.16. The third-order valence-corrected chi connectivity index (χ3v) is 3.10. The maximum Gasteiger partial charge on any atom is 0.307 e. The molecule has 0 fully saturated rings. The van der Waals surface area contributed by atoms with Crippen molar-refractivity contribution in [1.82, 2.24) is 0 Å². The summed E-state index contributed by atoms with van der Waals surface area (Å²) >= 11 is 0. The van der Waals surface area contributed by atoms with Gasteiger partial charge in [-0.25, -0.2) is 0 Å². The number of hydrogen-bond donors (Lipinski definition) is 1. The van der Waals surface area contributed by atoms with Gasteiger partial charge in [-0.2, -0.15) is 0 Å². The molecule has 0 heterocycles. The minimum absolute atomic E-state index is 0.0111. The van der Waals surface area contributed by atoms with Crippen LogP contribution >= 0.6 is 0 Å². The van der Waals surface area contributed by atoms with E-state index in [1.54, 1.807) is 7.11 Å². The Kier molecular flexibility index (Phi) is 5.01. The maximum atomic E-state index is 10.8. The van der Waals surface area contributed by atoms with E-state index in [0.29, 0.717) is 11.7 Å². The highest BCUT2D eigenvalue weighted by atomic mass is 16.5. The van der Waals surface area contributed by atoms with Gasteiger partial charge in [-0.05, 0) is 30.4 Å². The summed E-state index contributed by atoms with van der Waals surface area (Å²) in [7, 11) is 1.57. The van der Waals surface area contributed by atoms with Gasteiger partial charge in [0.05, 0.1) is 13.5 Å². The van der Waals surface area contributed by atoms with Crippen LogP contribution in [-0.2, 0) is 11.2 Å². The highest BCUT2D eigenvalue weighted by Crippen LogP contribution is 2.28. The molecule has 0 spiro atoms. The molecule has 0 saturated carbocycles. The van der Waals surface area contributed by atoms with Crippen LogP contribution in [0.2, 0.25) is 0 Å². The predicted octanol–water partition coefficient (Wildman–Crippen LogP) is 3.23. The molecule has 0 aliphatic heterocycles. The molecule has 94 valence electrons. The number of hydrogen-bond acceptors (Lipinski definition) is 2. The second kappa shape index (κ2) is 6.28. The van der Waals surface area contributed by atoms with Crippen molar-refractivity contribution in [3.05, 3.63) is 29.3 Å². The Balaban J connectivity index is 3.07. The lowest BCUT2D eigenvalue weighted by Gasteiger charge is -2.15. The number of ether oxygens (including phenoxy) is 1. The number of benzene rings is 1. The van der Waals surface area contributed by atoms with Gasteiger partial charge < -0.3 is 9.84 Å². The number of carboxylic acids is 1. The van der Waals surface area contributed by atoms with Crippen molar-refractivity contribution >= 4 is 5.97 Å². The number of rotatable bonds is 6. The molecule has 0 bridgehead atoms. The molecule has 3 nitrogen and oxygen atoms in total. The van der Waals surface area contributed by atoms with Gasteiger partial charge >= 0.3 is 5.97 Å². The van der Waals surface area contributed by atoms with Crippen LogP contribution in [0.5, 0.6) is 5.75 Å². The molecular weight excluding hydrogens is 216 g/mol. The Labute approximate surface area is 102 Å². The van der Waals surface area contributed by atoms with Gasteiger partial charge in [-0.3, -0.25) is 4.79 Å². The average Bonchev–Trinajstić information content (AvgIpc) is 2.30. The molecule has 0 aromatic heterocycles. The Bertz CT molecular complexity index is 381. The Hall–Kier alpha value is -1.51. The van der Waals surface area contributed by atoms with E-state index in [4.69, 9.17) is 9.84 Å². The van der Waals surface area contributed by atoms with Crippen molar-refractivity contribution < 1.29 is 14.6 Å². The van der Waals surface area contributed by atoms with E-state index in [9.17, 15) is 4.79 Å². The summed E-state index contributed by atoms with van der Waals surface area (Å²) < 4.78 is 5.18. The van der Waals surface area contributed by atoms with Crippen molar-refractivity contribution in [3.8, 4) is 5.75 Å². The van der Waals surface area contributed by atoms with Gasteiger partial charge in [-0.15, -0.1) is 0 Å². The summed E-state index contributed by atoms with van der Waals surface area (Å²) in [5, 5.41) is 8.88. The maximum absolute atomic E-state index is 10.8. The molecule has 1 rings (SSSR count). The van der Waals surface area contributed by atoms with E-state index >= 15 is 0 Å². The van der Waals surface area contributed by atoms with E-state index in [2.05, 4.69) is 13.8 Å². The van der Waals surface area contributed by atoms with Crippen LogP contribution in [0.4, 0.5) is 0 Å². The minimum Gasteiger partial charge on any atom is -0.496 e. The molecular formula is C14H20O3. The molecule has 17 heavy (non-hydrogen) atoms. The number of methoxy groups -OCH3 is 1. The van der Waals surface area contributed by atoms with Crippen molar-refractivity contribution in [2.24, 2.45) is 0 Å². The van der Waals surface area contributed by atoms with Gasteiger partial charge in [0, 0.05) is 5.56 Å². The number of aliphatic carboxylic acids is 1. The number of carbonyl (C=O) groups is 1. The Morgan fingerprint density at radius 3 is 2.47 bits per heavy atom. The summed E-state index contributed by atoms with van der Waals surface area (Å²) in [6.45, 7) is 4.30. The first kappa shape index (κ1) is 13.6. The molecule has 1 N–H and O–H groups in total. The van der Waals surface area contributed by atoms with E-state index < -0.39 is 5.97 Å². The monoisotopic (exact) mass is 236 g/mol. The Morgan fingerprint density at radius 2 is 2.00 bits per heavy atom. The molecule has 0 saturated heterocycles. The molecule has 0 amide bonds. The molecule has 0 atom stereocenters. The quantitative estimate of drug-likeness (QED) is 0.824. The fourth-order valence-electron chi connectivity index (χ4n) is 2.11. The van der Waals surface area contributed by atoms with Gasteiger partial charge in [0.2, 0.25) is 0 Å². The van der Waals surface area contributed by atoms with E-state index in [1.807, 2.05) is 18.2 Å². The van der Waals surface area contributed by atoms with Crippen LogP contribution in [0, 0.1) is 0 Å². The topological polar surface area (TPSA) is 46.5 Å². The van der Waals surface area contributed by atoms with Crippen molar-refractivity contribution in [2.45, 2.75) is 39.0 Å². The molecule has 3 heteroatoms. The summed E-state index contributed by atoms with van der Waals surface area (Å²) in [6.07, 6.45) is 2.14. The zero-order chi connectivity index (χ0) is 12.8. The SMILES string of the molecule is CCC(CC)c1ccc(OC)c(CC(=O)O)c1. The molecule has 0 unspecified atom stereocenters. The molecule has 0 radical (unpaired) electrons. The lowest BCUT2D eigenvalue weighted by atomic mass is 9.92. The fourth-order valence-corrected chi connectivity index (χ4v) is 2.11. The van der Waals surface area contributed by atoms with Gasteiger partial charge in [-0.1, -0.05) is 26.0 Å². The van der Waals surface area contributed by atoms with Crippen molar-refractivity contribution in [1.29, 1.82) is 0 Å². The smallest absolute Gasteiger partial charge is 0.307 e. The predicted molar refractivity (Wildman–Crippen MR) is 67.7 cm³/mol. The second-order valence-electron chi connectivity index (χ2n) is 4.16. The summed E-state index contributed by atoms with van der Waals surface area (Å²) in [5.41, 5.74) is 1.96. The van der Waals surface area contributed by atoms with Crippen LogP contribution < -0.4 is 4.74 Å². The highest BCUT2D eigenvalue weighted by Gasteiger charge is 2.12. The summed E-state index contributed by atoms with van der Waals surface area (Å²) in [6, 6.07) is 5.86.